The lowest BCUT2D eigenvalue weighted by atomic mass is 10.3. The second-order valence-electron chi connectivity index (χ2n) is 3.10. The summed E-state index contributed by atoms with van der Waals surface area (Å²) in [5, 5.41) is 0. The molecule has 1 unspecified atom stereocenters. The van der Waals surface area contributed by atoms with Crippen LogP contribution in [0.2, 0.25) is 0 Å². The van der Waals surface area contributed by atoms with Crippen molar-refractivity contribution in [2.75, 3.05) is 19.7 Å². The Morgan fingerprint density at radius 1 is 1.45 bits per heavy atom. The molecule has 1 aliphatic heterocycles. The summed E-state index contributed by atoms with van der Waals surface area (Å²) in [6, 6.07) is 0. The van der Waals surface area contributed by atoms with E-state index in [1.165, 1.54) is 25.8 Å². The van der Waals surface area contributed by atoms with Gasteiger partial charge in [0.2, 0.25) is 0 Å². The molecule has 0 amide bonds. The Morgan fingerprint density at radius 3 is 2.73 bits per heavy atom. The van der Waals surface area contributed by atoms with Gasteiger partial charge in [-0.15, -0.1) is 0 Å². The SMILES string of the molecule is CCCN(CC)C1CCCO1. The second-order valence-corrected chi connectivity index (χ2v) is 3.10. The summed E-state index contributed by atoms with van der Waals surface area (Å²) in [5.74, 6) is 0. The first-order valence-electron chi connectivity index (χ1n) is 4.74. The molecule has 0 bridgehead atoms. The van der Waals surface area contributed by atoms with Gasteiger partial charge in [-0.25, -0.2) is 0 Å². The fourth-order valence-corrected chi connectivity index (χ4v) is 1.64. The van der Waals surface area contributed by atoms with Crippen molar-refractivity contribution in [1.82, 2.24) is 4.90 Å². The van der Waals surface area contributed by atoms with Crippen LogP contribution in [0.5, 0.6) is 0 Å². The molecule has 0 aromatic rings. The van der Waals surface area contributed by atoms with Gasteiger partial charge in [-0.2, -0.15) is 0 Å². The van der Waals surface area contributed by atoms with Crippen LogP contribution in [0.1, 0.15) is 33.1 Å². The Morgan fingerprint density at radius 2 is 2.27 bits per heavy atom. The topological polar surface area (TPSA) is 12.5 Å². The molecule has 1 saturated heterocycles. The van der Waals surface area contributed by atoms with Crippen LogP contribution >= 0.6 is 0 Å². The van der Waals surface area contributed by atoms with Crippen molar-refractivity contribution in [1.29, 1.82) is 0 Å². The molecule has 0 N–H and O–H groups in total. The highest BCUT2D eigenvalue weighted by atomic mass is 16.5. The standard InChI is InChI=1S/C9H19NO/c1-3-7-10(4-2)9-6-5-8-11-9/h9H,3-8H2,1-2H3. The van der Waals surface area contributed by atoms with E-state index in [0.717, 1.165) is 13.2 Å². The second kappa shape index (κ2) is 4.73. The maximum atomic E-state index is 5.58. The molecule has 1 fully saturated rings. The molecule has 1 aliphatic rings. The molecule has 1 rings (SSSR count). The Bertz CT molecular complexity index is 99.7. The maximum Gasteiger partial charge on any atom is 0.110 e. The van der Waals surface area contributed by atoms with E-state index >= 15 is 0 Å². The van der Waals surface area contributed by atoms with Crippen molar-refractivity contribution in [3.63, 3.8) is 0 Å². The summed E-state index contributed by atoms with van der Waals surface area (Å²) in [7, 11) is 0. The molecule has 0 aliphatic carbocycles. The van der Waals surface area contributed by atoms with Gasteiger partial charge >= 0.3 is 0 Å². The molecule has 0 radical (unpaired) electrons. The minimum Gasteiger partial charge on any atom is -0.363 e. The van der Waals surface area contributed by atoms with E-state index in [9.17, 15) is 0 Å². The van der Waals surface area contributed by atoms with Crippen LogP contribution in [-0.2, 0) is 4.74 Å². The normalized spacial score (nSPS) is 24.8. The molecule has 1 atom stereocenters. The lowest BCUT2D eigenvalue weighted by molar-refractivity contribution is -0.0168. The molecule has 1 heterocycles. The van der Waals surface area contributed by atoms with E-state index in [2.05, 4.69) is 18.7 Å². The molecule has 0 aromatic heterocycles. The number of hydrogen-bond donors (Lipinski definition) is 0. The Labute approximate surface area is 69.5 Å². The number of nitrogens with zero attached hydrogens (tertiary/aromatic N) is 1. The van der Waals surface area contributed by atoms with Gasteiger partial charge in [-0.05, 0) is 25.8 Å². The van der Waals surface area contributed by atoms with Crippen LogP contribution in [0.25, 0.3) is 0 Å². The third-order valence-corrected chi connectivity index (χ3v) is 2.23. The first-order valence-corrected chi connectivity index (χ1v) is 4.74. The molecule has 2 nitrogen and oxygen atoms in total. The van der Waals surface area contributed by atoms with Crippen LogP contribution in [0.15, 0.2) is 0 Å². The fraction of sp³-hybridized carbons (Fsp3) is 1.00. The lowest BCUT2D eigenvalue weighted by Gasteiger charge is -2.25. The zero-order valence-corrected chi connectivity index (χ0v) is 7.68. The molecule has 2 heteroatoms. The van der Waals surface area contributed by atoms with Crippen molar-refractivity contribution in [2.45, 2.75) is 39.3 Å². The predicted molar refractivity (Wildman–Crippen MR) is 46.5 cm³/mol. The van der Waals surface area contributed by atoms with Crippen molar-refractivity contribution >= 4 is 0 Å². The number of rotatable bonds is 4. The number of hydrogen-bond acceptors (Lipinski definition) is 2. The zero-order valence-electron chi connectivity index (χ0n) is 7.68. The molecule has 0 saturated carbocycles. The summed E-state index contributed by atoms with van der Waals surface area (Å²) in [6.07, 6.45) is 4.13. The average molecular weight is 157 g/mol. The van der Waals surface area contributed by atoms with E-state index in [0.29, 0.717) is 6.23 Å². The predicted octanol–water partition coefficient (Wildman–Crippen LogP) is 1.85. The largest absolute Gasteiger partial charge is 0.363 e. The summed E-state index contributed by atoms with van der Waals surface area (Å²) in [4.78, 5) is 2.42. The minimum absolute atomic E-state index is 0.431. The van der Waals surface area contributed by atoms with Crippen molar-refractivity contribution < 1.29 is 4.74 Å². The quantitative estimate of drug-likeness (QED) is 0.617. The van der Waals surface area contributed by atoms with Crippen LogP contribution in [0, 0.1) is 0 Å². The number of ether oxygens (including phenoxy) is 1. The molecular formula is C9H19NO. The van der Waals surface area contributed by atoms with E-state index in [1.54, 1.807) is 0 Å². The van der Waals surface area contributed by atoms with Gasteiger partial charge < -0.3 is 4.74 Å². The summed E-state index contributed by atoms with van der Waals surface area (Å²) < 4.78 is 5.58. The van der Waals surface area contributed by atoms with Gasteiger partial charge in [0.05, 0.1) is 0 Å². The third kappa shape index (κ3) is 2.46. The minimum atomic E-state index is 0.431. The van der Waals surface area contributed by atoms with E-state index in [4.69, 9.17) is 4.74 Å². The van der Waals surface area contributed by atoms with Gasteiger partial charge in [0.25, 0.3) is 0 Å². The summed E-state index contributed by atoms with van der Waals surface area (Å²) in [6.45, 7) is 7.69. The van der Waals surface area contributed by atoms with Crippen LogP contribution in [-0.4, -0.2) is 30.8 Å². The summed E-state index contributed by atoms with van der Waals surface area (Å²) in [5.41, 5.74) is 0. The molecule has 66 valence electrons. The van der Waals surface area contributed by atoms with E-state index < -0.39 is 0 Å². The first-order chi connectivity index (χ1) is 5.38. The highest BCUT2D eigenvalue weighted by Gasteiger charge is 2.20. The maximum absolute atomic E-state index is 5.58. The van der Waals surface area contributed by atoms with Crippen LogP contribution in [0.4, 0.5) is 0 Å². The lowest BCUT2D eigenvalue weighted by Crippen LogP contribution is -2.35. The van der Waals surface area contributed by atoms with E-state index in [-0.39, 0.29) is 0 Å². The molecule has 11 heavy (non-hydrogen) atoms. The fourth-order valence-electron chi connectivity index (χ4n) is 1.64. The highest BCUT2D eigenvalue weighted by Crippen LogP contribution is 2.16. The zero-order chi connectivity index (χ0) is 8.10. The summed E-state index contributed by atoms with van der Waals surface area (Å²) >= 11 is 0. The van der Waals surface area contributed by atoms with Crippen LogP contribution < -0.4 is 0 Å². The van der Waals surface area contributed by atoms with Gasteiger partial charge in [-0.3, -0.25) is 4.90 Å². The van der Waals surface area contributed by atoms with Crippen molar-refractivity contribution in [3.05, 3.63) is 0 Å². The first kappa shape index (κ1) is 9.01. The highest BCUT2D eigenvalue weighted by molar-refractivity contribution is 4.66. The average Bonchev–Trinajstić information content (AvgIpc) is 2.52. The van der Waals surface area contributed by atoms with Gasteiger partial charge in [-0.1, -0.05) is 13.8 Å². The smallest absolute Gasteiger partial charge is 0.110 e. The Hall–Kier alpha value is -0.0800. The van der Waals surface area contributed by atoms with Crippen molar-refractivity contribution in [3.8, 4) is 0 Å². The monoisotopic (exact) mass is 157 g/mol. The molecular weight excluding hydrogens is 138 g/mol. The third-order valence-electron chi connectivity index (χ3n) is 2.23. The Kier molecular flexibility index (Phi) is 3.87. The van der Waals surface area contributed by atoms with Gasteiger partial charge in [0.15, 0.2) is 0 Å². The molecule has 0 aromatic carbocycles. The van der Waals surface area contributed by atoms with E-state index in [1.807, 2.05) is 0 Å². The Balaban J connectivity index is 2.27. The van der Waals surface area contributed by atoms with Gasteiger partial charge in [0, 0.05) is 13.2 Å². The molecule has 0 spiro atoms. The van der Waals surface area contributed by atoms with Gasteiger partial charge in [0.1, 0.15) is 6.23 Å². The van der Waals surface area contributed by atoms with Crippen molar-refractivity contribution in [2.24, 2.45) is 0 Å². The van der Waals surface area contributed by atoms with Crippen LogP contribution in [0.3, 0.4) is 0 Å².